The Bertz CT molecular complexity index is 490. The minimum atomic E-state index is 0.111. The molecule has 2 rings (SSSR count). The molecule has 0 aromatic carbocycles. The van der Waals surface area contributed by atoms with Crippen LogP contribution in [0.25, 0.3) is 0 Å². The molecule has 2 aromatic heterocycles. The fraction of sp³-hybridized carbons (Fsp3) is 0.385. The van der Waals surface area contributed by atoms with Gasteiger partial charge >= 0.3 is 0 Å². The van der Waals surface area contributed by atoms with E-state index >= 15 is 0 Å². The summed E-state index contributed by atoms with van der Waals surface area (Å²) in [7, 11) is 3.88. The molecule has 0 amide bonds. The molecule has 4 nitrogen and oxygen atoms in total. The first-order valence-corrected chi connectivity index (χ1v) is 5.85. The van der Waals surface area contributed by atoms with Gasteiger partial charge in [0.15, 0.2) is 0 Å². The van der Waals surface area contributed by atoms with E-state index in [9.17, 15) is 0 Å². The Kier molecular flexibility index (Phi) is 3.54. The fourth-order valence-corrected chi connectivity index (χ4v) is 2.06. The van der Waals surface area contributed by atoms with Gasteiger partial charge in [-0.2, -0.15) is 5.10 Å². The number of aromatic nitrogens is 3. The normalized spacial score (nSPS) is 12.6. The number of aryl methyl sites for hydroxylation is 2. The zero-order chi connectivity index (χ0) is 12.3. The Labute approximate surface area is 102 Å². The van der Waals surface area contributed by atoms with E-state index in [-0.39, 0.29) is 6.04 Å². The number of nitrogens with one attached hydrogen (secondary N) is 1. The molecule has 90 valence electrons. The summed E-state index contributed by atoms with van der Waals surface area (Å²) in [6.45, 7) is 2.15. The smallest absolute Gasteiger partial charge is 0.0782 e. The van der Waals surface area contributed by atoms with Gasteiger partial charge in [0.1, 0.15) is 0 Å². The standard InChI is InChI=1S/C13H18N4/c1-4-10-6-5-7-15-13(10)12(14-2)11-8-16-17(3)9-11/h5-9,12,14H,4H2,1-3H3. The van der Waals surface area contributed by atoms with Crippen molar-refractivity contribution in [2.24, 2.45) is 7.05 Å². The average Bonchev–Trinajstić information content (AvgIpc) is 2.77. The number of pyridine rings is 1. The maximum Gasteiger partial charge on any atom is 0.0782 e. The van der Waals surface area contributed by atoms with Gasteiger partial charge in [-0.1, -0.05) is 13.0 Å². The molecule has 1 atom stereocenters. The molecule has 2 heterocycles. The van der Waals surface area contributed by atoms with Crippen LogP contribution in [0.15, 0.2) is 30.7 Å². The quantitative estimate of drug-likeness (QED) is 0.869. The van der Waals surface area contributed by atoms with Gasteiger partial charge in [0.25, 0.3) is 0 Å². The predicted molar refractivity (Wildman–Crippen MR) is 67.7 cm³/mol. The van der Waals surface area contributed by atoms with Crippen LogP contribution in [-0.2, 0) is 13.5 Å². The van der Waals surface area contributed by atoms with Crippen LogP contribution in [0.3, 0.4) is 0 Å². The highest BCUT2D eigenvalue weighted by molar-refractivity contribution is 5.30. The summed E-state index contributed by atoms with van der Waals surface area (Å²) in [6.07, 6.45) is 6.74. The minimum Gasteiger partial charge on any atom is -0.308 e. The monoisotopic (exact) mass is 230 g/mol. The lowest BCUT2D eigenvalue weighted by Gasteiger charge is -2.16. The zero-order valence-electron chi connectivity index (χ0n) is 10.5. The Morgan fingerprint density at radius 3 is 2.88 bits per heavy atom. The summed E-state index contributed by atoms with van der Waals surface area (Å²) < 4.78 is 1.81. The van der Waals surface area contributed by atoms with E-state index in [1.54, 1.807) is 0 Å². The molecule has 0 aliphatic heterocycles. The first-order chi connectivity index (χ1) is 8.26. The largest absolute Gasteiger partial charge is 0.308 e. The van der Waals surface area contributed by atoms with Crippen molar-refractivity contribution in [2.75, 3.05) is 7.05 Å². The van der Waals surface area contributed by atoms with Crippen molar-refractivity contribution < 1.29 is 0 Å². The average molecular weight is 230 g/mol. The Balaban J connectivity index is 2.41. The summed E-state index contributed by atoms with van der Waals surface area (Å²) in [5.41, 5.74) is 3.50. The number of rotatable bonds is 4. The summed E-state index contributed by atoms with van der Waals surface area (Å²) in [4.78, 5) is 4.51. The van der Waals surface area contributed by atoms with E-state index in [2.05, 4.69) is 28.4 Å². The highest BCUT2D eigenvalue weighted by atomic mass is 15.2. The van der Waals surface area contributed by atoms with Gasteiger partial charge in [-0.25, -0.2) is 0 Å². The lowest BCUT2D eigenvalue weighted by Crippen LogP contribution is -2.20. The molecule has 0 aliphatic carbocycles. The Hall–Kier alpha value is -1.68. The molecule has 1 N–H and O–H groups in total. The molecule has 0 aliphatic rings. The van der Waals surface area contributed by atoms with Crippen molar-refractivity contribution in [3.63, 3.8) is 0 Å². The first kappa shape index (κ1) is 11.8. The number of nitrogens with zero attached hydrogens (tertiary/aromatic N) is 3. The molecular weight excluding hydrogens is 212 g/mol. The molecule has 0 saturated carbocycles. The second-order valence-corrected chi connectivity index (χ2v) is 4.07. The van der Waals surface area contributed by atoms with Crippen molar-refractivity contribution in [1.29, 1.82) is 0 Å². The lowest BCUT2D eigenvalue weighted by molar-refractivity contribution is 0.660. The third-order valence-electron chi connectivity index (χ3n) is 2.93. The van der Waals surface area contributed by atoms with Gasteiger partial charge < -0.3 is 5.32 Å². The maximum absolute atomic E-state index is 4.51. The summed E-state index contributed by atoms with van der Waals surface area (Å²) >= 11 is 0. The molecule has 17 heavy (non-hydrogen) atoms. The van der Waals surface area contributed by atoms with E-state index < -0.39 is 0 Å². The van der Waals surface area contributed by atoms with Gasteiger partial charge in [0.2, 0.25) is 0 Å². The first-order valence-electron chi connectivity index (χ1n) is 5.85. The van der Waals surface area contributed by atoms with Gasteiger partial charge in [0, 0.05) is 25.0 Å². The van der Waals surface area contributed by atoms with E-state index in [0.717, 1.165) is 17.7 Å². The van der Waals surface area contributed by atoms with Crippen LogP contribution in [0.4, 0.5) is 0 Å². The van der Waals surface area contributed by atoms with Gasteiger partial charge in [-0.05, 0) is 25.1 Å². The van der Waals surface area contributed by atoms with Crippen LogP contribution in [-0.4, -0.2) is 21.8 Å². The molecule has 0 saturated heterocycles. The van der Waals surface area contributed by atoms with Gasteiger partial charge in [-0.15, -0.1) is 0 Å². The number of hydrogen-bond donors (Lipinski definition) is 1. The van der Waals surface area contributed by atoms with Crippen molar-refractivity contribution in [3.8, 4) is 0 Å². The molecule has 2 aromatic rings. The number of hydrogen-bond acceptors (Lipinski definition) is 3. The van der Waals surface area contributed by atoms with Crippen LogP contribution >= 0.6 is 0 Å². The molecular formula is C13H18N4. The van der Waals surface area contributed by atoms with E-state index in [0.29, 0.717) is 0 Å². The van der Waals surface area contributed by atoms with Crippen LogP contribution in [0.2, 0.25) is 0 Å². The molecule has 0 fully saturated rings. The van der Waals surface area contributed by atoms with Crippen LogP contribution in [0.1, 0.15) is 29.8 Å². The predicted octanol–water partition coefficient (Wildman–Crippen LogP) is 1.69. The summed E-state index contributed by atoms with van der Waals surface area (Å²) in [5, 5.41) is 7.52. The molecule has 0 spiro atoms. The fourth-order valence-electron chi connectivity index (χ4n) is 2.06. The minimum absolute atomic E-state index is 0.111. The highest BCUT2D eigenvalue weighted by Crippen LogP contribution is 2.22. The molecule has 0 radical (unpaired) electrons. The van der Waals surface area contributed by atoms with E-state index in [4.69, 9.17) is 0 Å². The molecule has 1 unspecified atom stereocenters. The van der Waals surface area contributed by atoms with Crippen molar-refractivity contribution in [1.82, 2.24) is 20.1 Å². The van der Waals surface area contributed by atoms with E-state index in [1.165, 1.54) is 5.56 Å². The zero-order valence-corrected chi connectivity index (χ0v) is 10.5. The maximum atomic E-state index is 4.51. The topological polar surface area (TPSA) is 42.7 Å². The summed E-state index contributed by atoms with van der Waals surface area (Å²) in [5.74, 6) is 0. The Morgan fingerprint density at radius 1 is 1.47 bits per heavy atom. The van der Waals surface area contributed by atoms with E-state index in [1.807, 2.05) is 43.4 Å². The van der Waals surface area contributed by atoms with Crippen molar-refractivity contribution >= 4 is 0 Å². The third-order valence-corrected chi connectivity index (χ3v) is 2.93. The lowest BCUT2D eigenvalue weighted by atomic mass is 10.0. The SMILES string of the molecule is CCc1cccnc1C(NC)c1cnn(C)c1. The Morgan fingerprint density at radius 2 is 2.29 bits per heavy atom. The van der Waals surface area contributed by atoms with Gasteiger partial charge in [-0.3, -0.25) is 9.67 Å². The molecule has 0 bridgehead atoms. The summed E-state index contributed by atoms with van der Waals surface area (Å²) in [6, 6.07) is 4.22. The van der Waals surface area contributed by atoms with Crippen molar-refractivity contribution in [3.05, 3.63) is 47.5 Å². The van der Waals surface area contributed by atoms with Crippen molar-refractivity contribution in [2.45, 2.75) is 19.4 Å². The van der Waals surface area contributed by atoms with Crippen LogP contribution in [0, 0.1) is 0 Å². The second kappa shape index (κ2) is 5.10. The molecule has 4 heteroatoms. The van der Waals surface area contributed by atoms with Crippen LogP contribution in [0.5, 0.6) is 0 Å². The highest BCUT2D eigenvalue weighted by Gasteiger charge is 2.17. The third kappa shape index (κ3) is 2.36. The van der Waals surface area contributed by atoms with Gasteiger partial charge in [0.05, 0.1) is 17.9 Å². The second-order valence-electron chi connectivity index (χ2n) is 4.07. The van der Waals surface area contributed by atoms with Crippen LogP contribution < -0.4 is 5.32 Å².